The van der Waals surface area contributed by atoms with Gasteiger partial charge < -0.3 is 9.84 Å². The van der Waals surface area contributed by atoms with Gasteiger partial charge in [0.05, 0.1) is 28.4 Å². The summed E-state index contributed by atoms with van der Waals surface area (Å²) in [5.74, 6) is -1.34. The highest BCUT2D eigenvalue weighted by molar-refractivity contribution is 7.22. The molecule has 1 unspecified atom stereocenters. The van der Waals surface area contributed by atoms with Crippen molar-refractivity contribution in [2.75, 3.05) is 11.5 Å². The minimum absolute atomic E-state index is 0.0489. The molecule has 1 fully saturated rings. The van der Waals surface area contributed by atoms with Gasteiger partial charge in [-0.25, -0.2) is 4.98 Å². The molecule has 1 atom stereocenters. The summed E-state index contributed by atoms with van der Waals surface area (Å²) in [6.45, 7) is 2.50. The van der Waals surface area contributed by atoms with Crippen LogP contribution in [0.2, 0.25) is 10.0 Å². The van der Waals surface area contributed by atoms with E-state index >= 15 is 0 Å². The maximum Gasteiger partial charge on any atom is 0.301 e. The van der Waals surface area contributed by atoms with Gasteiger partial charge in [0, 0.05) is 15.6 Å². The fourth-order valence-electron chi connectivity index (χ4n) is 4.12. The smallest absolute Gasteiger partial charge is 0.301 e. The number of halogens is 2. The number of carbonyl (C=O) groups is 2. The molecular formula is C27H20Cl2N2O4S. The van der Waals surface area contributed by atoms with E-state index in [2.05, 4.69) is 4.98 Å². The van der Waals surface area contributed by atoms with Gasteiger partial charge in [0.2, 0.25) is 0 Å². The number of thiazole rings is 1. The first kappa shape index (κ1) is 24.3. The second kappa shape index (κ2) is 9.93. The first-order valence-corrected chi connectivity index (χ1v) is 12.8. The molecule has 1 aliphatic heterocycles. The van der Waals surface area contributed by atoms with Gasteiger partial charge in [-0.2, -0.15) is 0 Å². The van der Waals surface area contributed by atoms with Crippen LogP contribution in [0.3, 0.4) is 0 Å². The van der Waals surface area contributed by atoms with Crippen LogP contribution in [0, 0.1) is 0 Å². The number of aromatic nitrogens is 1. The Labute approximate surface area is 221 Å². The van der Waals surface area contributed by atoms with Crippen molar-refractivity contribution in [3.63, 3.8) is 0 Å². The minimum Gasteiger partial charge on any atom is -0.507 e. The molecule has 5 rings (SSSR count). The van der Waals surface area contributed by atoms with E-state index in [-0.39, 0.29) is 11.3 Å². The second-order valence-electron chi connectivity index (χ2n) is 8.21. The zero-order chi connectivity index (χ0) is 25.4. The molecular weight excluding hydrogens is 519 g/mol. The molecule has 0 bridgehead atoms. The van der Waals surface area contributed by atoms with Gasteiger partial charge >= 0.3 is 5.91 Å². The lowest BCUT2D eigenvalue weighted by Crippen LogP contribution is -2.29. The van der Waals surface area contributed by atoms with E-state index in [4.69, 9.17) is 27.9 Å². The van der Waals surface area contributed by atoms with Gasteiger partial charge in [-0.05, 0) is 54.4 Å². The average Bonchev–Trinajstić information content (AvgIpc) is 3.40. The van der Waals surface area contributed by atoms with Crippen LogP contribution in [-0.4, -0.2) is 28.4 Å². The molecule has 1 saturated heterocycles. The Bertz CT molecular complexity index is 1530. The maximum atomic E-state index is 13.4. The maximum absolute atomic E-state index is 13.4. The van der Waals surface area contributed by atoms with Crippen molar-refractivity contribution in [2.45, 2.75) is 19.4 Å². The molecule has 0 saturated carbocycles. The standard InChI is InChI=1S/C27H20Cl2N2O4S/c1-2-11-35-19-8-4-6-16(13-19)24(32)22-23(15-5-3-7-17(28)12-15)31(26(34)25(22)33)27-30-20-10-9-18(29)14-21(20)36-27/h3-10,12-14,23,32H,2,11H2,1H3. The summed E-state index contributed by atoms with van der Waals surface area (Å²) in [7, 11) is 0. The Hall–Kier alpha value is -3.39. The summed E-state index contributed by atoms with van der Waals surface area (Å²) < 4.78 is 6.45. The van der Waals surface area contributed by atoms with Crippen LogP contribution in [-0.2, 0) is 9.59 Å². The number of amides is 1. The molecule has 1 aliphatic rings. The van der Waals surface area contributed by atoms with Crippen LogP contribution in [0.15, 0.2) is 72.3 Å². The van der Waals surface area contributed by atoms with Crippen molar-refractivity contribution in [3.05, 3.63) is 93.5 Å². The SMILES string of the molecule is CCCOc1cccc(C(O)=C2C(=O)C(=O)N(c3nc4ccc(Cl)cc4s3)C2c2cccc(Cl)c2)c1. The zero-order valence-electron chi connectivity index (χ0n) is 19.1. The number of hydrogen-bond acceptors (Lipinski definition) is 6. The largest absolute Gasteiger partial charge is 0.507 e. The first-order valence-electron chi connectivity index (χ1n) is 11.2. The van der Waals surface area contributed by atoms with Gasteiger partial charge in [0.15, 0.2) is 5.13 Å². The third-order valence-electron chi connectivity index (χ3n) is 5.73. The van der Waals surface area contributed by atoms with Crippen molar-refractivity contribution in [3.8, 4) is 5.75 Å². The molecule has 182 valence electrons. The molecule has 0 aliphatic carbocycles. The Morgan fingerprint density at radius 2 is 1.83 bits per heavy atom. The quantitative estimate of drug-likeness (QED) is 0.162. The number of ketones is 1. The average molecular weight is 539 g/mol. The predicted octanol–water partition coefficient (Wildman–Crippen LogP) is 7.02. The summed E-state index contributed by atoms with van der Waals surface area (Å²) in [6, 6.07) is 18.0. The van der Waals surface area contributed by atoms with Crippen LogP contribution in [0.4, 0.5) is 5.13 Å². The Morgan fingerprint density at radius 3 is 2.61 bits per heavy atom. The third kappa shape index (κ3) is 4.46. The normalized spacial score (nSPS) is 17.2. The van der Waals surface area contributed by atoms with E-state index in [1.165, 1.54) is 16.2 Å². The Balaban J connectivity index is 1.69. The number of nitrogens with zero attached hydrogens (tertiary/aromatic N) is 2. The van der Waals surface area contributed by atoms with Crippen molar-refractivity contribution >= 4 is 67.3 Å². The number of aliphatic hydroxyl groups excluding tert-OH is 1. The van der Waals surface area contributed by atoms with Crippen molar-refractivity contribution in [1.82, 2.24) is 4.98 Å². The lowest BCUT2D eigenvalue weighted by atomic mass is 9.95. The summed E-state index contributed by atoms with van der Waals surface area (Å²) >= 11 is 13.6. The molecule has 1 amide bonds. The van der Waals surface area contributed by atoms with Gasteiger partial charge in [-0.1, -0.05) is 65.7 Å². The van der Waals surface area contributed by atoms with Crippen LogP contribution in [0.5, 0.6) is 5.75 Å². The monoisotopic (exact) mass is 538 g/mol. The molecule has 0 radical (unpaired) electrons. The third-order valence-corrected chi connectivity index (χ3v) is 7.22. The molecule has 1 aromatic heterocycles. The molecule has 2 heterocycles. The summed E-state index contributed by atoms with van der Waals surface area (Å²) in [5, 5.41) is 12.6. The zero-order valence-corrected chi connectivity index (χ0v) is 21.4. The number of Topliss-reactive ketones (excluding diaryl/α,β-unsaturated/α-hetero) is 1. The lowest BCUT2D eigenvalue weighted by molar-refractivity contribution is -0.132. The van der Waals surface area contributed by atoms with E-state index in [9.17, 15) is 14.7 Å². The molecule has 0 spiro atoms. The number of anilines is 1. The number of carbonyl (C=O) groups excluding carboxylic acids is 2. The number of rotatable bonds is 6. The van der Waals surface area contributed by atoms with Crippen LogP contribution in [0.1, 0.15) is 30.5 Å². The van der Waals surface area contributed by atoms with Crippen molar-refractivity contribution < 1.29 is 19.4 Å². The van der Waals surface area contributed by atoms with Crippen molar-refractivity contribution in [1.29, 1.82) is 0 Å². The molecule has 3 aromatic carbocycles. The Kier molecular flexibility index (Phi) is 6.71. The highest BCUT2D eigenvalue weighted by Gasteiger charge is 2.48. The number of fused-ring (bicyclic) bond motifs is 1. The van der Waals surface area contributed by atoms with Gasteiger partial charge in [0.1, 0.15) is 11.5 Å². The van der Waals surface area contributed by atoms with Crippen LogP contribution < -0.4 is 9.64 Å². The minimum atomic E-state index is -0.931. The molecule has 6 nitrogen and oxygen atoms in total. The van der Waals surface area contributed by atoms with E-state index in [0.29, 0.717) is 44.2 Å². The molecule has 9 heteroatoms. The summed E-state index contributed by atoms with van der Waals surface area (Å²) in [4.78, 5) is 32.7. The summed E-state index contributed by atoms with van der Waals surface area (Å²) in [6.07, 6.45) is 0.823. The van der Waals surface area contributed by atoms with E-state index in [1.54, 1.807) is 66.7 Å². The highest BCUT2D eigenvalue weighted by atomic mass is 35.5. The predicted molar refractivity (Wildman–Crippen MR) is 143 cm³/mol. The number of benzene rings is 3. The van der Waals surface area contributed by atoms with E-state index in [1.807, 2.05) is 6.92 Å². The first-order chi connectivity index (χ1) is 17.4. The van der Waals surface area contributed by atoms with Gasteiger partial charge in [0.25, 0.3) is 5.78 Å². The van der Waals surface area contributed by atoms with Gasteiger partial charge in [-0.15, -0.1) is 0 Å². The lowest BCUT2D eigenvalue weighted by Gasteiger charge is -2.23. The van der Waals surface area contributed by atoms with Crippen molar-refractivity contribution in [2.24, 2.45) is 0 Å². The highest BCUT2D eigenvalue weighted by Crippen LogP contribution is 2.45. The van der Waals surface area contributed by atoms with Gasteiger partial charge in [-0.3, -0.25) is 14.5 Å². The molecule has 36 heavy (non-hydrogen) atoms. The summed E-state index contributed by atoms with van der Waals surface area (Å²) in [5.41, 5.74) is 1.53. The van der Waals surface area contributed by atoms with Crippen LogP contribution in [0.25, 0.3) is 16.0 Å². The fraction of sp³-hybridized carbons (Fsp3) is 0.148. The fourth-order valence-corrected chi connectivity index (χ4v) is 5.59. The number of aliphatic hydroxyl groups is 1. The van der Waals surface area contributed by atoms with E-state index in [0.717, 1.165) is 11.1 Å². The molecule has 4 aromatic rings. The number of hydrogen-bond donors (Lipinski definition) is 1. The Morgan fingerprint density at radius 1 is 1.06 bits per heavy atom. The van der Waals surface area contributed by atoms with Crippen LogP contribution >= 0.6 is 34.5 Å². The topological polar surface area (TPSA) is 79.7 Å². The second-order valence-corrected chi connectivity index (χ2v) is 10.1. The number of ether oxygens (including phenoxy) is 1. The molecule has 1 N–H and O–H groups in total. The van der Waals surface area contributed by atoms with E-state index < -0.39 is 17.7 Å².